The number of aliphatic carboxylic acids is 1. The molecule has 0 heterocycles. The standard InChI is InChI=1S/C11H9NO3/c12-6-5-10(13)9-3-1-8(2-4-9)7-11(14)15/h1-4H,5,7H2,(H,14,15). The third-order valence-corrected chi connectivity index (χ3v) is 1.87. The van der Waals surface area contributed by atoms with Gasteiger partial charge in [0, 0.05) is 5.56 Å². The summed E-state index contributed by atoms with van der Waals surface area (Å²) < 4.78 is 0. The summed E-state index contributed by atoms with van der Waals surface area (Å²) >= 11 is 0. The van der Waals surface area contributed by atoms with Gasteiger partial charge in [-0.3, -0.25) is 9.59 Å². The summed E-state index contributed by atoms with van der Waals surface area (Å²) in [5, 5.41) is 16.8. The molecule has 0 bridgehead atoms. The second-order valence-electron chi connectivity index (χ2n) is 3.03. The van der Waals surface area contributed by atoms with Crippen LogP contribution in [0.1, 0.15) is 22.3 Å². The molecule has 0 spiro atoms. The van der Waals surface area contributed by atoms with Gasteiger partial charge in [-0.2, -0.15) is 5.26 Å². The van der Waals surface area contributed by atoms with Gasteiger partial charge in [-0.15, -0.1) is 0 Å². The average Bonchev–Trinajstić information content (AvgIpc) is 2.18. The predicted octanol–water partition coefficient (Wildman–Crippen LogP) is 1.41. The number of nitriles is 1. The summed E-state index contributed by atoms with van der Waals surface area (Å²) in [6, 6.07) is 8.01. The van der Waals surface area contributed by atoms with E-state index in [0.29, 0.717) is 11.1 Å². The number of Topliss-reactive ketones (excluding diaryl/α,β-unsaturated/α-hetero) is 1. The zero-order valence-electron chi connectivity index (χ0n) is 7.93. The zero-order valence-corrected chi connectivity index (χ0v) is 7.93. The Labute approximate surface area is 86.8 Å². The van der Waals surface area contributed by atoms with Crippen molar-refractivity contribution in [2.75, 3.05) is 0 Å². The molecule has 0 aliphatic rings. The first-order chi connectivity index (χ1) is 7.13. The van der Waals surface area contributed by atoms with Crippen LogP contribution in [-0.4, -0.2) is 16.9 Å². The lowest BCUT2D eigenvalue weighted by molar-refractivity contribution is -0.136. The van der Waals surface area contributed by atoms with Crippen molar-refractivity contribution >= 4 is 11.8 Å². The number of carbonyl (C=O) groups is 2. The summed E-state index contributed by atoms with van der Waals surface area (Å²) in [6.07, 6.45) is -0.217. The maximum Gasteiger partial charge on any atom is 0.307 e. The van der Waals surface area contributed by atoms with Crippen molar-refractivity contribution in [3.05, 3.63) is 35.4 Å². The van der Waals surface area contributed by atoms with Gasteiger partial charge in [0.05, 0.1) is 18.9 Å². The Bertz CT molecular complexity index is 414. The molecule has 15 heavy (non-hydrogen) atoms. The van der Waals surface area contributed by atoms with Crippen LogP contribution < -0.4 is 0 Å². The quantitative estimate of drug-likeness (QED) is 0.750. The van der Waals surface area contributed by atoms with Crippen LogP contribution in [0.4, 0.5) is 0 Å². The number of carboxylic acid groups (broad SMARTS) is 1. The highest BCUT2D eigenvalue weighted by Crippen LogP contribution is 2.07. The third-order valence-electron chi connectivity index (χ3n) is 1.87. The molecular weight excluding hydrogens is 194 g/mol. The zero-order chi connectivity index (χ0) is 11.3. The molecule has 0 unspecified atom stereocenters. The summed E-state index contributed by atoms with van der Waals surface area (Å²) in [5.74, 6) is -1.16. The van der Waals surface area contributed by atoms with Gasteiger partial charge < -0.3 is 5.11 Å². The molecule has 76 valence electrons. The van der Waals surface area contributed by atoms with Crippen LogP contribution in [0.5, 0.6) is 0 Å². The second-order valence-corrected chi connectivity index (χ2v) is 3.03. The minimum absolute atomic E-state index is 0.0628. The first-order valence-corrected chi connectivity index (χ1v) is 4.34. The topological polar surface area (TPSA) is 78.2 Å². The number of ketones is 1. The molecule has 0 saturated heterocycles. The molecule has 1 aromatic rings. The monoisotopic (exact) mass is 203 g/mol. The highest BCUT2D eigenvalue weighted by Gasteiger charge is 2.05. The molecule has 0 atom stereocenters. The van der Waals surface area contributed by atoms with E-state index in [1.807, 2.05) is 0 Å². The second kappa shape index (κ2) is 4.91. The lowest BCUT2D eigenvalue weighted by Gasteiger charge is -1.99. The first kappa shape index (κ1) is 10.9. The van der Waals surface area contributed by atoms with Gasteiger partial charge >= 0.3 is 5.97 Å². The van der Waals surface area contributed by atoms with E-state index in [4.69, 9.17) is 10.4 Å². The van der Waals surface area contributed by atoms with E-state index in [1.165, 1.54) is 12.1 Å². The van der Waals surface area contributed by atoms with Gasteiger partial charge in [0.15, 0.2) is 5.78 Å². The molecule has 0 aliphatic heterocycles. The number of rotatable bonds is 4. The fourth-order valence-corrected chi connectivity index (χ4v) is 1.16. The minimum atomic E-state index is -0.911. The SMILES string of the molecule is N#CCC(=O)c1ccc(CC(=O)O)cc1. The first-order valence-electron chi connectivity index (χ1n) is 4.34. The molecule has 1 aromatic carbocycles. The highest BCUT2D eigenvalue weighted by atomic mass is 16.4. The average molecular weight is 203 g/mol. The fraction of sp³-hybridized carbons (Fsp3) is 0.182. The summed E-state index contributed by atoms with van der Waals surface area (Å²) in [4.78, 5) is 21.6. The fourth-order valence-electron chi connectivity index (χ4n) is 1.16. The van der Waals surface area contributed by atoms with E-state index in [9.17, 15) is 9.59 Å². The van der Waals surface area contributed by atoms with Gasteiger partial charge in [-0.25, -0.2) is 0 Å². The summed E-state index contributed by atoms with van der Waals surface area (Å²) in [7, 11) is 0. The van der Waals surface area contributed by atoms with Crippen molar-refractivity contribution in [3.63, 3.8) is 0 Å². The molecule has 1 rings (SSSR count). The van der Waals surface area contributed by atoms with Crippen molar-refractivity contribution in [2.45, 2.75) is 12.8 Å². The van der Waals surface area contributed by atoms with Gasteiger partial charge in [0.1, 0.15) is 0 Å². The van der Waals surface area contributed by atoms with Gasteiger partial charge in [0.2, 0.25) is 0 Å². The van der Waals surface area contributed by atoms with Gasteiger partial charge in [0.25, 0.3) is 0 Å². The number of hydrogen-bond donors (Lipinski definition) is 1. The molecule has 0 fully saturated rings. The van der Waals surface area contributed by atoms with Crippen LogP contribution in [0, 0.1) is 11.3 Å². The molecule has 1 N–H and O–H groups in total. The van der Waals surface area contributed by atoms with E-state index in [2.05, 4.69) is 0 Å². The van der Waals surface area contributed by atoms with Crippen molar-refractivity contribution in [1.29, 1.82) is 5.26 Å². The van der Waals surface area contributed by atoms with E-state index in [0.717, 1.165) is 0 Å². The van der Waals surface area contributed by atoms with E-state index >= 15 is 0 Å². The van der Waals surface area contributed by atoms with Gasteiger partial charge in [-0.05, 0) is 5.56 Å². The van der Waals surface area contributed by atoms with Gasteiger partial charge in [-0.1, -0.05) is 24.3 Å². The lowest BCUT2D eigenvalue weighted by Crippen LogP contribution is -2.01. The maximum atomic E-state index is 11.2. The Hall–Kier alpha value is -2.15. The molecule has 4 nitrogen and oxygen atoms in total. The molecule has 0 radical (unpaired) electrons. The number of nitrogens with zero attached hydrogens (tertiary/aromatic N) is 1. The number of carbonyl (C=O) groups excluding carboxylic acids is 1. The minimum Gasteiger partial charge on any atom is -0.481 e. The van der Waals surface area contributed by atoms with Crippen LogP contribution in [0.15, 0.2) is 24.3 Å². The normalized spacial score (nSPS) is 9.27. The van der Waals surface area contributed by atoms with Crippen molar-refractivity contribution < 1.29 is 14.7 Å². The lowest BCUT2D eigenvalue weighted by atomic mass is 10.1. The van der Waals surface area contributed by atoms with E-state index in [1.54, 1.807) is 18.2 Å². The smallest absolute Gasteiger partial charge is 0.307 e. The molecule has 0 aliphatic carbocycles. The van der Waals surface area contributed by atoms with E-state index in [-0.39, 0.29) is 18.6 Å². The van der Waals surface area contributed by atoms with Crippen LogP contribution in [0.2, 0.25) is 0 Å². The summed E-state index contributed by atoms with van der Waals surface area (Å²) in [5.41, 5.74) is 1.07. The summed E-state index contributed by atoms with van der Waals surface area (Å²) in [6.45, 7) is 0. The Morgan fingerprint density at radius 2 is 1.87 bits per heavy atom. The Balaban J connectivity index is 2.77. The largest absolute Gasteiger partial charge is 0.481 e. The van der Waals surface area contributed by atoms with Crippen LogP contribution >= 0.6 is 0 Å². The molecular formula is C11H9NO3. The highest BCUT2D eigenvalue weighted by molar-refractivity contribution is 5.97. The van der Waals surface area contributed by atoms with Crippen molar-refractivity contribution in [1.82, 2.24) is 0 Å². The Morgan fingerprint density at radius 3 is 2.33 bits per heavy atom. The Kier molecular flexibility index (Phi) is 3.58. The molecule has 0 amide bonds. The van der Waals surface area contributed by atoms with Crippen LogP contribution in [0.3, 0.4) is 0 Å². The molecule has 0 aromatic heterocycles. The molecule has 0 saturated carbocycles. The van der Waals surface area contributed by atoms with Crippen molar-refractivity contribution in [2.24, 2.45) is 0 Å². The molecule has 4 heteroatoms. The maximum absolute atomic E-state index is 11.2. The number of benzene rings is 1. The Morgan fingerprint density at radius 1 is 1.27 bits per heavy atom. The predicted molar refractivity (Wildman–Crippen MR) is 52.3 cm³/mol. The van der Waals surface area contributed by atoms with Crippen LogP contribution in [-0.2, 0) is 11.2 Å². The van der Waals surface area contributed by atoms with E-state index < -0.39 is 5.97 Å². The number of hydrogen-bond acceptors (Lipinski definition) is 3. The number of carboxylic acids is 1. The van der Waals surface area contributed by atoms with Crippen molar-refractivity contribution in [3.8, 4) is 6.07 Å². The van der Waals surface area contributed by atoms with Crippen LogP contribution in [0.25, 0.3) is 0 Å². The third kappa shape index (κ3) is 3.24.